The van der Waals surface area contributed by atoms with Crippen LogP contribution >= 0.6 is 11.6 Å². The van der Waals surface area contributed by atoms with Gasteiger partial charge in [0, 0.05) is 6.54 Å². The maximum Gasteiger partial charge on any atom is 0.256 e. The van der Waals surface area contributed by atoms with Crippen LogP contribution in [0, 0.1) is 6.92 Å². The van der Waals surface area contributed by atoms with Crippen molar-refractivity contribution in [1.29, 1.82) is 0 Å². The van der Waals surface area contributed by atoms with Gasteiger partial charge in [-0.2, -0.15) is 5.10 Å². The van der Waals surface area contributed by atoms with E-state index in [1.807, 2.05) is 30.3 Å². The fraction of sp³-hybridized carbons (Fsp3) is 0.143. The molecule has 0 radical (unpaired) electrons. The van der Waals surface area contributed by atoms with Crippen LogP contribution in [0.25, 0.3) is 5.69 Å². The van der Waals surface area contributed by atoms with Crippen LogP contribution in [0.1, 0.15) is 16.1 Å². The van der Waals surface area contributed by atoms with Gasteiger partial charge in [-0.05, 0) is 19.1 Å². The van der Waals surface area contributed by atoms with Crippen molar-refractivity contribution in [3.63, 3.8) is 0 Å². The van der Waals surface area contributed by atoms with E-state index in [2.05, 4.69) is 17.0 Å². The highest BCUT2D eigenvalue weighted by Crippen LogP contribution is 2.23. The summed E-state index contributed by atoms with van der Waals surface area (Å²) in [7, 11) is 0. The molecule has 1 heterocycles. The molecule has 0 aliphatic rings. The summed E-state index contributed by atoms with van der Waals surface area (Å²) in [6.45, 7) is 5.71. The van der Waals surface area contributed by atoms with Gasteiger partial charge in [0.15, 0.2) is 0 Å². The van der Waals surface area contributed by atoms with Crippen LogP contribution in [0.5, 0.6) is 0 Å². The summed E-state index contributed by atoms with van der Waals surface area (Å²) in [6, 6.07) is 9.44. The highest BCUT2D eigenvalue weighted by molar-refractivity contribution is 6.33. The third kappa shape index (κ3) is 2.69. The number of carbonyl (C=O) groups is 1. The zero-order chi connectivity index (χ0) is 13.8. The molecule has 2 aromatic rings. The number of aromatic nitrogens is 2. The van der Waals surface area contributed by atoms with Gasteiger partial charge in [0.05, 0.1) is 16.9 Å². The van der Waals surface area contributed by atoms with Crippen LogP contribution in [0.2, 0.25) is 5.15 Å². The molecular formula is C14H14ClN3O. The van der Waals surface area contributed by atoms with E-state index in [1.165, 1.54) is 0 Å². The minimum Gasteiger partial charge on any atom is -0.348 e. The fourth-order valence-corrected chi connectivity index (χ4v) is 2.11. The quantitative estimate of drug-likeness (QED) is 0.872. The summed E-state index contributed by atoms with van der Waals surface area (Å²) in [5.41, 5.74) is 1.81. The molecule has 1 aromatic carbocycles. The van der Waals surface area contributed by atoms with Gasteiger partial charge in [-0.15, -0.1) is 6.58 Å². The molecule has 0 aliphatic carbocycles. The van der Waals surface area contributed by atoms with Gasteiger partial charge < -0.3 is 5.32 Å². The monoisotopic (exact) mass is 275 g/mol. The van der Waals surface area contributed by atoms with Gasteiger partial charge in [-0.1, -0.05) is 35.9 Å². The highest BCUT2D eigenvalue weighted by Gasteiger charge is 2.20. The number of rotatable bonds is 4. The lowest BCUT2D eigenvalue weighted by atomic mass is 10.2. The molecule has 98 valence electrons. The molecule has 5 heteroatoms. The van der Waals surface area contributed by atoms with Crippen molar-refractivity contribution in [3.8, 4) is 5.69 Å². The van der Waals surface area contributed by atoms with E-state index < -0.39 is 0 Å². The summed E-state index contributed by atoms with van der Waals surface area (Å²) < 4.78 is 1.56. The van der Waals surface area contributed by atoms with Gasteiger partial charge in [0.1, 0.15) is 5.15 Å². The fourth-order valence-electron chi connectivity index (χ4n) is 1.75. The minimum atomic E-state index is -0.246. The zero-order valence-corrected chi connectivity index (χ0v) is 11.3. The van der Waals surface area contributed by atoms with Gasteiger partial charge in [-0.25, -0.2) is 4.68 Å². The SMILES string of the molecule is C=CCNC(=O)c1c(C)nn(-c2ccccc2)c1Cl. The van der Waals surface area contributed by atoms with E-state index in [-0.39, 0.29) is 5.91 Å². The molecule has 0 aliphatic heterocycles. The van der Waals surface area contributed by atoms with E-state index in [1.54, 1.807) is 17.7 Å². The van der Waals surface area contributed by atoms with E-state index in [9.17, 15) is 4.79 Å². The molecule has 1 N–H and O–H groups in total. The smallest absolute Gasteiger partial charge is 0.256 e. The first kappa shape index (κ1) is 13.4. The van der Waals surface area contributed by atoms with E-state index in [0.29, 0.717) is 23.0 Å². The molecule has 0 spiro atoms. The average Bonchev–Trinajstić information content (AvgIpc) is 2.72. The Morgan fingerprint density at radius 1 is 1.47 bits per heavy atom. The van der Waals surface area contributed by atoms with Crippen LogP contribution < -0.4 is 5.32 Å². The van der Waals surface area contributed by atoms with Crippen molar-refractivity contribution in [1.82, 2.24) is 15.1 Å². The average molecular weight is 276 g/mol. The first-order chi connectivity index (χ1) is 9.15. The number of carbonyl (C=O) groups excluding carboxylic acids is 1. The molecule has 0 saturated heterocycles. The molecule has 1 amide bonds. The number of nitrogens with one attached hydrogen (secondary N) is 1. The Labute approximate surface area is 116 Å². The van der Waals surface area contributed by atoms with E-state index in [4.69, 9.17) is 11.6 Å². The van der Waals surface area contributed by atoms with Crippen molar-refractivity contribution >= 4 is 17.5 Å². The van der Waals surface area contributed by atoms with Crippen molar-refractivity contribution in [2.45, 2.75) is 6.92 Å². The summed E-state index contributed by atoms with van der Waals surface area (Å²) >= 11 is 6.25. The lowest BCUT2D eigenvalue weighted by molar-refractivity contribution is 0.0957. The van der Waals surface area contributed by atoms with Crippen LogP contribution in [0.15, 0.2) is 43.0 Å². The molecular weight excluding hydrogens is 262 g/mol. The summed E-state index contributed by atoms with van der Waals surface area (Å²) in [5.74, 6) is -0.246. The number of para-hydroxylation sites is 1. The maximum absolute atomic E-state index is 12.0. The standard InChI is InChI=1S/C14H14ClN3O/c1-3-9-16-14(19)12-10(2)17-18(13(12)15)11-7-5-4-6-8-11/h3-8H,1,9H2,2H3,(H,16,19). The van der Waals surface area contributed by atoms with Crippen molar-refractivity contribution < 1.29 is 4.79 Å². The Morgan fingerprint density at radius 2 is 2.16 bits per heavy atom. The topological polar surface area (TPSA) is 46.9 Å². The Morgan fingerprint density at radius 3 is 2.79 bits per heavy atom. The number of halogens is 1. The number of nitrogens with zero attached hydrogens (tertiary/aromatic N) is 2. The predicted molar refractivity (Wildman–Crippen MR) is 75.8 cm³/mol. The first-order valence-electron chi connectivity index (χ1n) is 5.84. The van der Waals surface area contributed by atoms with E-state index in [0.717, 1.165) is 5.69 Å². The second-order valence-electron chi connectivity index (χ2n) is 4.00. The van der Waals surface area contributed by atoms with Gasteiger partial charge in [-0.3, -0.25) is 4.79 Å². The predicted octanol–water partition coefficient (Wildman–Crippen LogP) is 2.75. The zero-order valence-electron chi connectivity index (χ0n) is 10.6. The van der Waals surface area contributed by atoms with Gasteiger partial charge in [0.2, 0.25) is 0 Å². The summed E-state index contributed by atoms with van der Waals surface area (Å²) in [5, 5.41) is 7.32. The molecule has 0 saturated carbocycles. The Bertz CT molecular complexity index is 605. The van der Waals surface area contributed by atoms with Crippen molar-refractivity contribution in [2.75, 3.05) is 6.54 Å². The van der Waals surface area contributed by atoms with Crippen LogP contribution in [-0.2, 0) is 0 Å². The van der Waals surface area contributed by atoms with E-state index >= 15 is 0 Å². The number of amides is 1. The van der Waals surface area contributed by atoms with Crippen LogP contribution in [0.3, 0.4) is 0 Å². The molecule has 0 unspecified atom stereocenters. The van der Waals surface area contributed by atoms with Crippen LogP contribution in [-0.4, -0.2) is 22.2 Å². The normalized spacial score (nSPS) is 10.2. The first-order valence-corrected chi connectivity index (χ1v) is 6.22. The third-order valence-electron chi connectivity index (χ3n) is 2.64. The molecule has 4 nitrogen and oxygen atoms in total. The van der Waals surface area contributed by atoms with Gasteiger partial charge in [0.25, 0.3) is 5.91 Å². The van der Waals surface area contributed by atoms with Crippen molar-refractivity contribution in [2.24, 2.45) is 0 Å². The van der Waals surface area contributed by atoms with Crippen LogP contribution in [0.4, 0.5) is 0 Å². The van der Waals surface area contributed by atoms with Gasteiger partial charge >= 0.3 is 0 Å². The Kier molecular flexibility index (Phi) is 4.02. The minimum absolute atomic E-state index is 0.246. The summed E-state index contributed by atoms with van der Waals surface area (Å²) in [4.78, 5) is 12.0. The Hall–Kier alpha value is -2.07. The Balaban J connectivity index is 2.40. The van der Waals surface area contributed by atoms with Crippen molar-refractivity contribution in [3.05, 3.63) is 59.4 Å². The maximum atomic E-state index is 12.0. The second kappa shape index (κ2) is 5.71. The highest BCUT2D eigenvalue weighted by atomic mass is 35.5. The largest absolute Gasteiger partial charge is 0.348 e. The molecule has 2 rings (SSSR count). The lowest BCUT2D eigenvalue weighted by Crippen LogP contribution is -2.23. The molecule has 0 atom stereocenters. The lowest BCUT2D eigenvalue weighted by Gasteiger charge is -2.03. The number of aryl methyl sites for hydroxylation is 1. The summed E-state index contributed by atoms with van der Waals surface area (Å²) in [6.07, 6.45) is 1.61. The third-order valence-corrected chi connectivity index (χ3v) is 2.99. The number of hydrogen-bond acceptors (Lipinski definition) is 2. The molecule has 0 bridgehead atoms. The number of benzene rings is 1. The second-order valence-corrected chi connectivity index (χ2v) is 4.36. The molecule has 1 aromatic heterocycles. The molecule has 0 fully saturated rings. The number of hydrogen-bond donors (Lipinski definition) is 1. The molecule has 19 heavy (non-hydrogen) atoms.